The van der Waals surface area contributed by atoms with Crippen molar-refractivity contribution in [1.29, 1.82) is 0 Å². The van der Waals surface area contributed by atoms with E-state index in [1.807, 2.05) is 17.2 Å². The molecule has 4 rings (SSSR count). The quantitative estimate of drug-likeness (QED) is 0.833. The van der Waals surface area contributed by atoms with Gasteiger partial charge in [0.05, 0.1) is 0 Å². The summed E-state index contributed by atoms with van der Waals surface area (Å²) in [4.78, 5) is 17.5. The maximum absolute atomic E-state index is 13.3. The van der Waals surface area contributed by atoms with E-state index in [9.17, 15) is 9.18 Å². The van der Waals surface area contributed by atoms with Crippen LogP contribution in [0.4, 0.5) is 9.18 Å². The van der Waals surface area contributed by atoms with Gasteiger partial charge < -0.3 is 15.2 Å². The van der Waals surface area contributed by atoms with E-state index in [2.05, 4.69) is 16.4 Å². The average Bonchev–Trinajstić information content (AvgIpc) is 3.05. The van der Waals surface area contributed by atoms with Crippen LogP contribution in [0.1, 0.15) is 44.1 Å². The van der Waals surface area contributed by atoms with Crippen LogP contribution < -0.4 is 5.32 Å². The number of hydrogen-bond acceptors (Lipinski definition) is 1. The van der Waals surface area contributed by atoms with Gasteiger partial charge in [0.1, 0.15) is 5.82 Å². The lowest BCUT2D eigenvalue weighted by Crippen LogP contribution is -2.46. The van der Waals surface area contributed by atoms with Crippen molar-refractivity contribution in [3.63, 3.8) is 0 Å². The molecule has 1 saturated carbocycles. The van der Waals surface area contributed by atoms with Gasteiger partial charge in [-0.05, 0) is 43.0 Å². The number of fused-ring (bicyclic) bond motifs is 1. The van der Waals surface area contributed by atoms with Gasteiger partial charge in [-0.25, -0.2) is 9.18 Å². The molecule has 0 atom stereocenters. The smallest absolute Gasteiger partial charge is 0.317 e. The highest BCUT2D eigenvalue weighted by molar-refractivity contribution is 5.93. The van der Waals surface area contributed by atoms with Gasteiger partial charge in [-0.3, -0.25) is 0 Å². The second-order valence-electron chi connectivity index (χ2n) is 7.10. The SMILES string of the molecule is O=C(NC1CCCCC1)N1CC=C(c2c[nH]c3cc(F)ccc23)CC1. The normalized spacial score (nSPS) is 19.1. The predicted octanol–water partition coefficient (Wildman–Crippen LogP) is 4.44. The Labute approximate surface area is 147 Å². The van der Waals surface area contributed by atoms with Gasteiger partial charge >= 0.3 is 6.03 Å². The summed E-state index contributed by atoms with van der Waals surface area (Å²) in [5.74, 6) is -0.232. The van der Waals surface area contributed by atoms with Crippen LogP contribution in [0.2, 0.25) is 0 Å². The van der Waals surface area contributed by atoms with Crippen molar-refractivity contribution in [2.45, 2.75) is 44.6 Å². The highest BCUT2D eigenvalue weighted by Crippen LogP contribution is 2.29. The second-order valence-corrected chi connectivity index (χ2v) is 7.10. The number of carbonyl (C=O) groups is 1. The Morgan fingerprint density at radius 1 is 1.24 bits per heavy atom. The van der Waals surface area contributed by atoms with E-state index in [4.69, 9.17) is 0 Å². The van der Waals surface area contributed by atoms with E-state index in [0.717, 1.165) is 42.3 Å². The number of H-pyrrole nitrogens is 1. The van der Waals surface area contributed by atoms with Gasteiger partial charge in [0, 0.05) is 41.8 Å². The van der Waals surface area contributed by atoms with Crippen LogP contribution in [-0.4, -0.2) is 35.0 Å². The lowest BCUT2D eigenvalue weighted by molar-refractivity contribution is 0.195. The maximum atomic E-state index is 13.3. The van der Waals surface area contributed by atoms with E-state index in [0.29, 0.717) is 12.6 Å². The molecule has 4 nitrogen and oxygen atoms in total. The Kier molecular flexibility index (Phi) is 4.47. The molecule has 0 bridgehead atoms. The largest absolute Gasteiger partial charge is 0.360 e. The van der Waals surface area contributed by atoms with Gasteiger partial charge in [-0.15, -0.1) is 0 Å². The van der Waals surface area contributed by atoms with Gasteiger partial charge in [-0.1, -0.05) is 25.3 Å². The first-order chi connectivity index (χ1) is 12.2. The summed E-state index contributed by atoms with van der Waals surface area (Å²) in [5.41, 5.74) is 3.15. The third kappa shape index (κ3) is 3.41. The van der Waals surface area contributed by atoms with E-state index < -0.39 is 0 Å². The van der Waals surface area contributed by atoms with Crippen LogP contribution in [0.15, 0.2) is 30.5 Å². The molecule has 5 heteroatoms. The number of benzene rings is 1. The van der Waals surface area contributed by atoms with Gasteiger partial charge in [0.15, 0.2) is 0 Å². The number of aromatic amines is 1. The Morgan fingerprint density at radius 3 is 2.84 bits per heavy atom. The number of rotatable bonds is 2. The zero-order chi connectivity index (χ0) is 17.2. The Balaban J connectivity index is 1.43. The standard InChI is InChI=1S/C20H24FN3O/c21-15-6-7-17-18(13-22-19(17)12-15)14-8-10-24(11-9-14)20(25)23-16-4-2-1-3-5-16/h6-8,12-13,16,22H,1-5,9-11H2,(H,23,25). The van der Waals surface area contributed by atoms with Crippen molar-refractivity contribution in [3.05, 3.63) is 41.9 Å². The fourth-order valence-corrected chi connectivity index (χ4v) is 3.98. The second kappa shape index (κ2) is 6.90. The minimum atomic E-state index is -0.232. The molecule has 1 aliphatic carbocycles. The van der Waals surface area contributed by atoms with Gasteiger partial charge in [0.2, 0.25) is 0 Å². The minimum Gasteiger partial charge on any atom is -0.360 e. The molecule has 1 fully saturated rings. The number of aromatic nitrogens is 1. The van der Waals surface area contributed by atoms with E-state index in [-0.39, 0.29) is 11.8 Å². The zero-order valence-corrected chi connectivity index (χ0v) is 14.4. The molecule has 1 aliphatic heterocycles. The fraction of sp³-hybridized carbons (Fsp3) is 0.450. The highest BCUT2D eigenvalue weighted by Gasteiger charge is 2.22. The molecule has 2 N–H and O–H groups in total. The van der Waals surface area contributed by atoms with Crippen LogP contribution in [0.25, 0.3) is 16.5 Å². The number of halogens is 1. The maximum Gasteiger partial charge on any atom is 0.317 e. The lowest BCUT2D eigenvalue weighted by Gasteiger charge is -2.30. The monoisotopic (exact) mass is 341 g/mol. The van der Waals surface area contributed by atoms with Crippen molar-refractivity contribution in [3.8, 4) is 0 Å². The Morgan fingerprint density at radius 2 is 2.08 bits per heavy atom. The lowest BCUT2D eigenvalue weighted by atomic mass is 9.95. The molecule has 0 radical (unpaired) electrons. The molecule has 25 heavy (non-hydrogen) atoms. The third-order valence-electron chi connectivity index (χ3n) is 5.42. The number of nitrogens with one attached hydrogen (secondary N) is 2. The van der Waals surface area contributed by atoms with Crippen molar-refractivity contribution in [1.82, 2.24) is 15.2 Å². The molecule has 132 valence electrons. The summed E-state index contributed by atoms with van der Waals surface area (Å²) in [6.45, 7) is 1.35. The van der Waals surface area contributed by atoms with E-state index in [1.54, 1.807) is 0 Å². The molecule has 0 spiro atoms. The van der Waals surface area contributed by atoms with Crippen LogP contribution in [0, 0.1) is 5.82 Å². The zero-order valence-electron chi connectivity index (χ0n) is 14.4. The van der Waals surface area contributed by atoms with Crippen molar-refractivity contribution in [2.24, 2.45) is 0 Å². The van der Waals surface area contributed by atoms with Crippen LogP contribution in [0.3, 0.4) is 0 Å². The first-order valence-corrected chi connectivity index (χ1v) is 9.22. The molecular formula is C20H24FN3O. The van der Waals surface area contributed by atoms with Gasteiger partial charge in [-0.2, -0.15) is 0 Å². The molecule has 2 aliphatic rings. The topological polar surface area (TPSA) is 48.1 Å². The summed E-state index contributed by atoms with van der Waals surface area (Å²) < 4.78 is 13.3. The Hall–Kier alpha value is -2.30. The summed E-state index contributed by atoms with van der Waals surface area (Å²) >= 11 is 0. The molecular weight excluding hydrogens is 317 g/mol. The summed E-state index contributed by atoms with van der Waals surface area (Å²) in [6, 6.07) is 5.23. The molecule has 2 amide bonds. The number of nitrogens with zero attached hydrogens (tertiary/aromatic N) is 1. The minimum absolute atomic E-state index is 0.0585. The van der Waals surface area contributed by atoms with Crippen molar-refractivity contribution in [2.75, 3.05) is 13.1 Å². The number of hydrogen-bond donors (Lipinski definition) is 2. The summed E-state index contributed by atoms with van der Waals surface area (Å²) in [5, 5.41) is 4.22. The number of carbonyl (C=O) groups excluding carboxylic acids is 1. The molecule has 0 saturated heterocycles. The molecule has 2 aromatic rings. The first kappa shape index (κ1) is 16.2. The average molecular weight is 341 g/mol. The summed E-state index contributed by atoms with van der Waals surface area (Å²) in [6.07, 6.45) is 10.8. The van der Waals surface area contributed by atoms with Crippen LogP contribution in [0.5, 0.6) is 0 Å². The summed E-state index contributed by atoms with van der Waals surface area (Å²) in [7, 11) is 0. The Bertz CT molecular complexity index is 804. The van der Waals surface area contributed by atoms with Crippen molar-refractivity contribution < 1.29 is 9.18 Å². The third-order valence-corrected chi connectivity index (χ3v) is 5.42. The molecule has 0 unspecified atom stereocenters. The number of amides is 2. The van der Waals surface area contributed by atoms with Crippen molar-refractivity contribution >= 4 is 22.5 Å². The number of urea groups is 1. The first-order valence-electron chi connectivity index (χ1n) is 9.22. The molecule has 2 heterocycles. The highest BCUT2D eigenvalue weighted by atomic mass is 19.1. The van der Waals surface area contributed by atoms with Crippen LogP contribution >= 0.6 is 0 Å². The van der Waals surface area contributed by atoms with Crippen LogP contribution in [-0.2, 0) is 0 Å². The van der Waals surface area contributed by atoms with Gasteiger partial charge in [0.25, 0.3) is 0 Å². The molecule has 1 aromatic heterocycles. The fourth-order valence-electron chi connectivity index (χ4n) is 3.98. The molecule has 1 aromatic carbocycles. The predicted molar refractivity (Wildman–Crippen MR) is 97.8 cm³/mol. The van der Waals surface area contributed by atoms with E-state index >= 15 is 0 Å². The van der Waals surface area contributed by atoms with E-state index in [1.165, 1.54) is 37.0 Å².